The van der Waals surface area contributed by atoms with Crippen LogP contribution in [-0.2, 0) is 19.2 Å². The number of anilines is 1. The maximum Gasteiger partial charge on any atom is 0.271 e. The van der Waals surface area contributed by atoms with E-state index in [4.69, 9.17) is 11.6 Å². The Labute approximate surface area is 227 Å². The normalized spacial score (nSPS) is 26.2. The maximum atomic E-state index is 13.9. The van der Waals surface area contributed by atoms with Gasteiger partial charge in [-0.3, -0.25) is 29.3 Å². The fourth-order valence-corrected chi connectivity index (χ4v) is 6.67. The summed E-state index contributed by atoms with van der Waals surface area (Å²) >= 11 is 6.26. The van der Waals surface area contributed by atoms with E-state index in [9.17, 15) is 34.4 Å². The number of aromatic hydroxyl groups is 1. The number of nitro groups is 1. The van der Waals surface area contributed by atoms with Crippen LogP contribution in [0.25, 0.3) is 0 Å². The molecule has 2 aromatic carbocycles. The highest BCUT2D eigenvalue weighted by atomic mass is 35.5. The number of allylic oxidation sites excluding steroid dienone is 6. The zero-order valence-corrected chi connectivity index (χ0v) is 21.3. The van der Waals surface area contributed by atoms with Gasteiger partial charge in [0, 0.05) is 45.4 Å². The first-order chi connectivity index (χ1) is 18.6. The first-order valence-corrected chi connectivity index (χ1v) is 12.8. The van der Waals surface area contributed by atoms with Crippen LogP contribution in [0.4, 0.5) is 11.4 Å². The molecular formula is C29H21ClN2O7. The van der Waals surface area contributed by atoms with E-state index in [-0.39, 0.29) is 58.3 Å². The number of hydrogen-bond acceptors (Lipinski definition) is 7. The molecule has 1 fully saturated rings. The van der Waals surface area contributed by atoms with Crippen LogP contribution in [0.1, 0.15) is 31.2 Å². The Balaban J connectivity index is 1.49. The van der Waals surface area contributed by atoms with Crippen LogP contribution in [-0.4, -0.2) is 33.4 Å². The summed E-state index contributed by atoms with van der Waals surface area (Å²) in [5, 5.41) is 22.5. The number of amides is 2. The smallest absolute Gasteiger partial charge is 0.271 e. The lowest BCUT2D eigenvalue weighted by Crippen LogP contribution is -2.39. The topological polar surface area (TPSA) is 135 Å². The number of fused-ring (bicyclic) bond motifs is 3. The van der Waals surface area contributed by atoms with Crippen LogP contribution in [0.3, 0.4) is 0 Å². The monoisotopic (exact) mass is 544 g/mol. The summed E-state index contributed by atoms with van der Waals surface area (Å²) in [5.74, 6) is -4.76. The minimum atomic E-state index is -0.844. The van der Waals surface area contributed by atoms with Gasteiger partial charge in [0.25, 0.3) is 5.69 Å². The first-order valence-electron chi connectivity index (χ1n) is 12.4. The Hall–Kier alpha value is -4.37. The first kappa shape index (κ1) is 24.9. The SMILES string of the molecule is CC1=CC(=O)C2=C(CC3C(=CCC4C(=O)N(c5cccc([N+](=O)[O-])c5)C(=O)C43)C2c2cc(Cl)ccc2O)C1=O. The van der Waals surface area contributed by atoms with Crippen LogP contribution in [0.5, 0.6) is 5.75 Å². The molecule has 196 valence electrons. The van der Waals surface area contributed by atoms with E-state index >= 15 is 0 Å². The molecule has 1 N–H and O–H groups in total. The second-order valence-corrected chi connectivity index (χ2v) is 10.7. The van der Waals surface area contributed by atoms with E-state index < -0.39 is 40.4 Å². The molecule has 0 saturated carbocycles. The molecule has 10 heteroatoms. The fourth-order valence-electron chi connectivity index (χ4n) is 6.49. The molecule has 0 bridgehead atoms. The summed E-state index contributed by atoms with van der Waals surface area (Å²) in [7, 11) is 0. The van der Waals surface area contributed by atoms with Crippen molar-refractivity contribution in [1.82, 2.24) is 0 Å². The molecule has 0 radical (unpaired) electrons. The molecular weight excluding hydrogens is 524 g/mol. The highest BCUT2D eigenvalue weighted by Gasteiger charge is 2.57. The maximum absolute atomic E-state index is 13.9. The third kappa shape index (κ3) is 3.68. The van der Waals surface area contributed by atoms with Crippen molar-refractivity contribution in [2.24, 2.45) is 17.8 Å². The number of phenols is 1. The van der Waals surface area contributed by atoms with Crippen LogP contribution < -0.4 is 4.90 Å². The van der Waals surface area contributed by atoms with Crippen LogP contribution >= 0.6 is 11.6 Å². The Morgan fingerprint density at radius 3 is 2.56 bits per heavy atom. The van der Waals surface area contributed by atoms with Crippen molar-refractivity contribution in [3.05, 3.63) is 97.6 Å². The summed E-state index contributed by atoms with van der Waals surface area (Å²) in [5.41, 5.74) is 1.66. The lowest BCUT2D eigenvalue weighted by Gasteiger charge is -2.42. The molecule has 9 nitrogen and oxygen atoms in total. The summed E-state index contributed by atoms with van der Waals surface area (Å²) in [6, 6.07) is 9.82. The molecule has 6 rings (SSSR count). The molecule has 0 aromatic heterocycles. The second kappa shape index (κ2) is 8.84. The number of hydrogen-bond donors (Lipinski definition) is 1. The second-order valence-electron chi connectivity index (χ2n) is 10.2. The number of imide groups is 1. The summed E-state index contributed by atoms with van der Waals surface area (Å²) in [6.07, 6.45) is 3.39. The summed E-state index contributed by atoms with van der Waals surface area (Å²) < 4.78 is 0. The number of non-ortho nitro benzene ring substituents is 1. The molecule has 1 aliphatic heterocycles. The third-order valence-electron chi connectivity index (χ3n) is 8.16. The number of Topliss-reactive ketones (excluding diaryl/α,β-unsaturated/α-hetero) is 1. The highest BCUT2D eigenvalue weighted by molar-refractivity contribution is 6.30. The van der Waals surface area contributed by atoms with Gasteiger partial charge in [-0.1, -0.05) is 29.3 Å². The number of rotatable bonds is 3. The predicted molar refractivity (Wildman–Crippen MR) is 140 cm³/mol. The van der Waals surface area contributed by atoms with Crippen molar-refractivity contribution in [2.45, 2.75) is 25.7 Å². The third-order valence-corrected chi connectivity index (χ3v) is 8.40. The van der Waals surface area contributed by atoms with E-state index in [1.165, 1.54) is 42.5 Å². The fraction of sp³-hybridized carbons (Fsp3) is 0.241. The Morgan fingerprint density at radius 2 is 1.82 bits per heavy atom. The molecule has 39 heavy (non-hydrogen) atoms. The number of carbonyl (C=O) groups excluding carboxylic acids is 4. The zero-order chi connectivity index (χ0) is 27.7. The van der Waals surface area contributed by atoms with Gasteiger partial charge in [0.2, 0.25) is 11.8 Å². The van der Waals surface area contributed by atoms with E-state index in [2.05, 4.69) is 0 Å². The molecule has 3 aliphatic carbocycles. The van der Waals surface area contributed by atoms with Gasteiger partial charge in [0.05, 0.1) is 22.4 Å². The van der Waals surface area contributed by atoms with Gasteiger partial charge in [-0.15, -0.1) is 0 Å². The largest absolute Gasteiger partial charge is 0.508 e. The lowest BCUT2D eigenvalue weighted by atomic mass is 9.59. The molecule has 4 unspecified atom stereocenters. The minimum Gasteiger partial charge on any atom is -0.508 e. The van der Waals surface area contributed by atoms with Crippen molar-refractivity contribution in [1.29, 1.82) is 0 Å². The molecule has 0 spiro atoms. The van der Waals surface area contributed by atoms with E-state index in [0.717, 1.165) is 4.90 Å². The number of halogens is 1. The lowest BCUT2D eigenvalue weighted by molar-refractivity contribution is -0.384. The van der Waals surface area contributed by atoms with Gasteiger partial charge in [0.1, 0.15) is 5.75 Å². The summed E-state index contributed by atoms with van der Waals surface area (Å²) in [4.78, 5) is 65.7. The number of nitro benzene ring substituents is 1. The van der Waals surface area contributed by atoms with Gasteiger partial charge in [-0.05, 0) is 56.0 Å². The van der Waals surface area contributed by atoms with Gasteiger partial charge >= 0.3 is 0 Å². The Bertz CT molecular complexity index is 1640. The number of ketones is 2. The van der Waals surface area contributed by atoms with E-state index in [0.29, 0.717) is 16.2 Å². The number of nitrogens with zero attached hydrogens (tertiary/aromatic N) is 2. The van der Waals surface area contributed by atoms with Crippen molar-refractivity contribution in [3.63, 3.8) is 0 Å². The predicted octanol–water partition coefficient (Wildman–Crippen LogP) is 4.59. The van der Waals surface area contributed by atoms with E-state index in [1.54, 1.807) is 13.0 Å². The van der Waals surface area contributed by atoms with Gasteiger partial charge < -0.3 is 5.11 Å². The molecule has 1 saturated heterocycles. The van der Waals surface area contributed by atoms with Gasteiger partial charge in [0.15, 0.2) is 11.6 Å². The quantitative estimate of drug-likeness (QED) is 0.196. The van der Waals surface area contributed by atoms with Crippen molar-refractivity contribution in [3.8, 4) is 5.75 Å². The van der Waals surface area contributed by atoms with E-state index in [1.807, 2.05) is 6.08 Å². The van der Waals surface area contributed by atoms with Gasteiger partial charge in [-0.25, -0.2) is 4.90 Å². The molecule has 4 atom stereocenters. The van der Waals surface area contributed by atoms with Crippen molar-refractivity contribution >= 4 is 46.4 Å². The summed E-state index contributed by atoms with van der Waals surface area (Å²) in [6.45, 7) is 1.55. The average Bonchev–Trinajstić information content (AvgIpc) is 3.17. The molecule has 1 heterocycles. The molecule has 2 amide bonds. The molecule has 4 aliphatic rings. The van der Waals surface area contributed by atoms with Crippen LogP contribution in [0.15, 0.2) is 76.9 Å². The number of carbonyl (C=O) groups is 4. The number of phenolic OH excluding ortho intramolecular Hbond substituents is 1. The Kier molecular flexibility index (Phi) is 5.65. The zero-order valence-electron chi connectivity index (χ0n) is 20.6. The van der Waals surface area contributed by atoms with Crippen LogP contribution in [0.2, 0.25) is 5.02 Å². The standard InChI is InChI=1S/C29H21ClN2O7/c1-13-9-23(34)26-21(27(13)35)12-19-17(24(26)20-10-14(30)5-8-22(20)33)6-7-18-25(19)29(37)31(28(18)36)15-3-2-4-16(11-15)32(38)39/h2-6,8-11,18-19,24-25,33H,7,12H2,1H3. The Morgan fingerprint density at radius 1 is 1.05 bits per heavy atom. The number of benzene rings is 2. The van der Waals surface area contributed by atoms with Gasteiger partial charge in [-0.2, -0.15) is 0 Å². The van der Waals surface area contributed by atoms with Crippen molar-refractivity contribution < 1.29 is 29.2 Å². The highest BCUT2D eigenvalue weighted by Crippen LogP contribution is 2.56. The minimum absolute atomic E-state index is 0.0811. The van der Waals surface area contributed by atoms with Crippen molar-refractivity contribution in [2.75, 3.05) is 4.90 Å². The molecule has 2 aromatic rings. The average molecular weight is 545 g/mol. The van der Waals surface area contributed by atoms with Crippen LogP contribution in [0, 0.1) is 27.9 Å².